The first-order valence-corrected chi connectivity index (χ1v) is 8.05. The highest BCUT2D eigenvalue weighted by Crippen LogP contribution is 2.26. The summed E-state index contributed by atoms with van der Waals surface area (Å²) < 4.78 is 5.30. The van der Waals surface area contributed by atoms with Gasteiger partial charge in [0.15, 0.2) is 6.61 Å². The van der Waals surface area contributed by atoms with E-state index in [1.54, 1.807) is 30.3 Å². The van der Waals surface area contributed by atoms with E-state index < -0.39 is 4.92 Å². The second-order valence-corrected chi connectivity index (χ2v) is 5.73. The Balaban J connectivity index is 1.72. The number of ether oxygens (including phenoxy) is 1. The van der Waals surface area contributed by atoms with Crippen molar-refractivity contribution in [2.24, 2.45) is 0 Å². The Hall–Kier alpha value is -2.51. The van der Waals surface area contributed by atoms with Gasteiger partial charge in [0.1, 0.15) is 11.4 Å². The molecule has 0 spiro atoms. The summed E-state index contributed by atoms with van der Waals surface area (Å²) in [6, 6.07) is 11.0. The number of anilines is 1. The second kappa shape index (κ2) is 9.10. The van der Waals surface area contributed by atoms with E-state index in [1.165, 1.54) is 12.1 Å². The number of carbonyl (C=O) groups is 1. The van der Waals surface area contributed by atoms with Crippen LogP contribution in [-0.4, -0.2) is 30.5 Å². The third kappa shape index (κ3) is 5.81. The van der Waals surface area contributed by atoms with E-state index in [2.05, 4.69) is 10.6 Å². The van der Waals surface area contributed by atoms with Crippen LogP contribution in [0.15, 0.2) is 42.5 Å². The van der Waals surface area contributed by atoms with Crippen LogP contribution in [0.3, 0.4) is 0 Å². The van der Waals surface area contributed by atoms with Gasteiger partial charge in [0.2, 0.25) is 0 Å². The number of carbonyl (C=O) groups excluding carboxylic acids is 1. The van der Waals surface area contributed by atoms with Gasteiger partial charge in [0, 0.05) is 25.2 Å². The molecule has 0 saturated carbocycles. The summed E-state index contributed by atoms with van der Waals surface area (Å²) in [6.45, 7) is 0.447. The highest BCUT2D eigenvalue weighted by atomic mass is 35.5. The number of nitrogens with zero attached hydrogens (tertiary/aromatic N) is 1. The normalized spacial score (nSPS) is 10.2. The average Bonchev–Trinajstić information content (AvgIpc) is 2.60. The number of nitro benzene ring substituents is 1. The van der Waals surface area contributed by atoms with Crippen LogP contribution in [0.25, 0.3) is 0 Å². The number of benzene rings is 2. The minimum absolute atomic E-state index is 0.0169. The third-order valence-electron chi connectivity index (χ3n) is 3.12. The first-order valence-electron chi connectivity index (χ1n) is 7.29. The summed E-state index contributed by atoms with van der Waals surface area (Å²) in [5, 5.41) is 17.2. The second-order valence-electron chi connectivity index (χ2n) is 4.92. The summed E-state index contributed by atoms with van der Waals surface area (Å²) in [6.07, 6.45) is 0. The van der Waals surface area contributed by atoms with Gasteiger partial charge in [0.05, 0.1) is 15.0 Å². The molecule has 0 aliphatic heterocycles. The predicted octanol–water partition coefficient (Wildman–Crippen LogP) is 3.51. The van der Waals surface area contributed by atoms with Crippen LogP contribution in [0.2, 0.25) is 10.0 Å². The quantitative estimate of drug-likeness (QED) is 0.413. The summed E-state index contributed by atoms with van der Waals surface area (Å²) in [5.41, 5.74) is 0.380. The molecule has 0 heterocycles. The Morgan fingerprint density at radius 3 is 2.60 bits per heavy atom. The lowest BCUT2D eigenvalue weighted by molar-refractivity contribution is -0.384. The number of rotatable bonds is 8. The Morgan fingerprint density at radius 1 is 1.12 bits per heavy atom. The average molecular weight is 384 g/mol. The molecule has 1 amide bonds. The van der Waals surface area contributed by atoms with E-state index in [0.29, 0.717) is 28.0 Å². The summed E-state index contributed by atoms with van der Waals surface area (Å²) in [4.78, 5) is 22.1. The van der Waals surface area contributed by atoms with Gasteiger partial charge in [-0.3, -0.25) is 14.9 Å². The standard InChI is InChI=1S/C16H15Cl2N3O4/c17-12-6-5-11(9-13(12)18)25-10-16(22)20-8-7-19-14-3-1-2-4-15(14)21(23)24/h1-6,9,19H,7-8,10H2,(H,20,22). The molecule has 2 N–H and O–H groups in total. The first-order chi connectivity index (χ1) is 12.0. The lowest BCUT2D eigenvalue weighted by Crippen LogP contribution is -2.32. The van der Waals surface area contributed by atoms with Gasteiger partial charge in [0.25, 0.3) is 11.6 Å². The van der Waals surface area contributed by atoms with Crippen molar-refractivity contribution >= 4 is 40.5 Å². The molecule has 0 unspecified atom stereocenters. The maximum atomic E-state index is 11.7. The molecule has 0 aromatic heterocycles. The van der Waals surface area contributed by atoms with Crippen molar-refractivity contribution in [3.63, 3.8) is 0 Å². The van der Waals surface area contributed by atoms with Gasteiger partial charge in [-0.25, -0.2) is 0 Å². The molecule has 0 saturated heterocycles. The van der Waals surface area contributed by atoms with E-state index in [9.17, 15) is 14.9 Å². The molecule has 0 bridgehead atoms. The van der Waals surface area contributed by atoms with Crippen molar-refractivity contribution in [3.8, 4) is 5.75 Å². The Labute approximate surface area is 154 Å². The van der Waals surface area contributed by atoms with Crippen molar-refractivity contribution in [3.05, 3.63) is 62.6 Å². The van der Waals surface area contributed by atoms with Crippen molar-refractivity contribution in [1.29, 1.82) is 0 Å². The monoisotopic (exact) mass is 383 g/mol. The fourth-order valence-corrected chi connectivity index (χ4v) is 2.24. The number of hydrogen-bond donors (Lipinski definition) is 2. The van der Waals surface area contributed by atoms with Crippen molar-refractivity contribution in [2.45, 2.75) is 0 Å². The fourth-order valence-electron chi connectivity index (χ4n) is 1.95. The highest BCUT2D eigenvalue weighted by Gasteiger charge is 2.11. The molecule has 25 heavy (non-hydrogen) atoms. The molecule has 0 atom stereocenters. The van der Waals surface area contributed by atoms with E-state index in [0.717, 1.165) is 0 Å². The highest BCUT2D eigenvalue weighted by molar-refractivity contribution is 6.42. The maximum Gasteiger partial charge on any atom is 0.292 e. The topological polar surface area (TPSA) is 93.5 Å². The maximum absolute atomic E-state index is 11.7. The van der Waals surface area contributed by atoms with Gasteiger partial charge < -0.3 is 15.4 Å². The van der Waals surface area contributed by atoms with E-state index >= 15 is 0 Å². The van der Waals surface area contributed by atoms with Gasteiger partial charge in [-0.1, -0.05) is 35.3 Å². The number of hydrogen-bond acceptors (Lipinski definition) is 5. The van der Waals surface area contributed by atoms with Crippen molar-refractivity contribution in [1.82, 2.24) is 5.32 Å². The van der Waals surface area contributed by atoms with Gasteiger partial charge >= 0.3 is 0 Å². The predicted molar refractivity (Wildman–Crippen MR) is 96.6 cm³/mol. The van der Waals surface area contributed by atoms with Crippen molar-refractivity contribution < 1.29 is 14.5 Å². The SMILES string of the molecule is O=C(COc1ccc(Cl)c(Cl)c1)NCCNc1ccccc1[N+](=O)[O-]. The van der Waals surface area contributed by atoms with Gasteiger partial charge in [-0.05, 0) is 18.2 Å². The summed E-state index contributed by atoms with van der Waals surface area (Å²) in [5.74, 6) is 0.109. The molecule has 132 valence electrons. The van der Waals surface area contributed by atoms with Crippen LogP contribution in [0.5, 0.6) is 5.75 Å². The zero-order chi connectivity index (χ0) is 18.2. The van der Waals surface area contributed by atoms with Crippen LogP contribution in [0.4, 0.5) is 11.4 Å². The molecule has 2 aromatic carbocycles. The van der Waals surface area contributed by atoms with E-state index in [1.807, 2.05) is 0 Å². The zero-order valence-electron chi connectivity index (χ0n) is 13.0. The Kier molecular flexibility index (Phi) is 6.85. The lowest BCUT2D eigenvalue weighted by atomic mass is 10.2. The van der Waals surface area contributed by atoms with Crippen LogP contribution in [0, 0.1) is 10.1 Å². The number of para-hydroxylation sites is 2. The molecule has 0 fully saturated rings. The smallest absolute Gasteiger partial charge is 0.292 e. The molecule has 0 aliphatic carbocycles. The van der Waals surface area contributed by atoms with E-state index in [-0.39, 0.29) is 24.7 Å². The Bertz CT molecular complexity index is 771. The molecule has 7 nitrogen and oxygen atoms in total. The molecule has 0 aliphatic rings. The summed E-state index contributed by atoms with van der Waals surface area (Å²) in [7, 11) is 0. The molecule has 2 aromatic rings. The summed E-state index contributed by atoms with van der Waals surface area (Å²) >= 11 is 11.6. The lowest BCUT2D eigenvalue weighted by Gasteiger charge is -2.09. The first kappa shape index (κ1) is 18.8. The van der Waals surface area contributed by atoms with Crippen LogP contribution in [0.1, 0.15) is 0 Å². The number of amides is 1. The van der Waals surface area contributed by atoms with Crippen LogP contribution in [-0.2, 0) is 4.79 Å². The van der Waals surface area contributed by atoms with Gasteiger partial charge in [-0.15, -0.1) is 0 Å². The molecular formula is C16H15Cl2N3O4. The number of nitro groups is 1. The van der Waals surface area contributed by atoms with Crippen LogP contribution < -0.4 is 15.4 Å². The zero-order valence-corrected chi connectivity index (χ0v) is 14.5. The fraction of sp³-hybridized carbons (Fsp3) is 0.188. The molecular weight excluding hydrogens is 369 g/mol. The third-order valence-corrected chi connectivity index (χ3v) is 3.86. The molecule has 2 rings (SSSR count). The molecule has 9 heteroatoms. The van der Waals surface area contributed by atoms with E-state index in [4.69, 9.17) is 27.9 Å². The largest absolute Gasteiger partial charge is 0.484 e. The number of halogens is 2. The number of nitrogens with one attached hydrogen (secondary N) is 2. The minimum Gasteiger partial charge on any atom is -0.484 e. The van der Waals surface area contributed by atoms with Crippen molar-refractivity contribution in [2.75, 3.05) is 25.0 Å². The Morgan fingerprint density at radius 2 is 1.88 bits per heavy atom. The van der Waals surface area contributed by atoms with Crippen LogP contribution >= 0.6 is 23.2 Å². The van der Waals surface area contributed by atoms with Gasteiger partial charge in [-0.2, -0.15) is 0 Å². The minimum atomic E-state index is -0.466. The molecule has 0 radical (unpaired) electrons.